The highest BCUT2D eigenvalue weighted by Gasteiger charge is 1.94. The third-order valence-electron chi connectivity index (χ3n) is 0.196. The third-order valence-corrected chi connectivity index (χ3v) is 0.551. The quantitative estimate of drug-likeness (QED) is 0.546. The SMILES string of the molecule is [2H]C([2H])(O)C([2H])(Br)C([2H])([2H])O. The summed E-state index contributed by atoms with van der Waals surface area (Å²) in [5, 5.41) is 17.2. The van der Waals surface area contributed by atoms with Gasteiger partial charge in [0.1, 0.15) is 0 Å². The van der Waals surface area contributed by atoms with Gasteiger partial charge in [-0.3, -0.25) is 0 Å². The molecule has 2 N–H and O–H groups in total. The van der Waals surface area contributed by atoms with Gasteiger partial charge in [0.05, 0.1) is 23.4 Å². The molecule has 38 valence electrons. The van der Waals surface area contributed by atoms with Gasteiger partial charge in [0.25, 0.3) is 0 Å². The molecule has 0 amide bonds. The van der Waals surface area contributed by atoms with Gasteiger partial charge >= 0.3 is 0 Å². The maximum Gasteiger partial charge on any atom is 0.0608 e. The van der Waals surface area contributed by atoms with Crippen molar-refractivity contribution in [3.63, 3.8) is 0 Å². The fourth-order valence-corrected chi connectivity index (χ4v) is 0.0250. The lowest BCUT2D eigenvalue weighted by Gasteiger charge is -1.95. The lowest BCUT2D eigenvalue weighted by atomic mass is 10.5. The zero-order valence-corrected chi connectivity index (χ0v) is 4.36. The van der Waals surface area contributed by atoms with Crippen LogP contribution in [0.15, 0.2) is 0 Å². The van der Waals surface area contributed by atoms with Crippen LogP contribution >= 0.6 is 15.9 Å². The average molecular weight is 160 g/mol. The molecule has 0 rings (SSSR count). The third kappa shape index (κ3) is 2.63. The molecule has 0 aliphatic carbocycles. The molecule has 0 radical (unpaired) electrons. The van der Waals surface area contributed by atoms with Crippen LogP contribution in [0.5, 0.6) is 0 Å². The van der Waals surface area contributed by atoms with Crippen LogP contribution in [-0.4, -0.2) is 28.1 Å². The molecule has 0 saturated heterocycles. The van der Waals surface area contributed by atoms with E-state index in [1.807, 2.05) is 0 Å². The van der Waals surface area contributed by atoms with Crippen molar-refractivity contribution in [2.24, 2.45) is 0 Å². The topological polar surface area (TPSA) is 40.5 Å². The summed E-state index contributed by atoms with van der Waals surface area (Å²) in [5.74, 6) is 0. The van der Waals surface area contributed by atoms with Gasteiger partial charge < -0.3 is 10.2 Å². The standard InChI is InChI=1S/C3H7BrO2/c4-3(1-5)2-6/h3,5-6H,1-2H2/i1D2,2D2,3D. The lowest BCUT2D eigenvalue weighted by molar-refractivity contribution is 0.231. The summed E-state index contributed by atoms with van der Waals surface area (Å²) in [6.07, 6.45) is 0. The first kappa shape index (κ1) is 1.73. The molecule has 0 aliphatic rings. The lowest BCUT2D eigenvalue weighted by Crippen LogP contribution is -2.07. The minimum atomic E-state index is -3.16. The van der Waals surface area contributed by atoms with E-state index in [0.29, 0.717) is 0 Å². The summed E-state index contributed by atoms with van der Waals surface area (Å²) in [7, 11) is 0. The Morgan fingerprint density at radius 1 is 1.83 bits per heavy atom. The van der Waals surface area contributed by atoms with E-state index in [1.165, 1.54) is 0 Å². The van der Waals surface area contributed by atoms with Crippen molar-refractivity contribution >= 4 is 15.9 Å². The van der Waals surface area contributed by atoms with Crippen molar-refractivity contribution in [3.8, 4) is 0 Å². The van der Waals surface area contributed by atoms with Crippen molar-refractivity contribution < 1.29 is 17.1 Å². The summed E-state index contributed by atoms with van der Waals surface area (Å²) < 4.78 is 33.2. The van der Waals surface area contributed by atoms with Crippen LogP contribution in [0.25, 0.3) is 0 Å². The van der Waals surface area contributed by atoms with E-state index in [-0.39, 0.29) is 0 Å². The Hall–Kier alpha value is 0.400. The van der Waals surface area contributed by atoms with Crippen LogP contribution in [0.3, 0.4) is 0 Å². The molecule has 0 aromatic carbocycles. The predicted octanol–water partition coefficient (Wildman–Crippen LogP) is -0.265. The van der Waals surface area contributed by atoms with Gasteiger partial charge in [-0.15, -0.1) is 0 Å². The van der Waals surface area contributed by atoms with Gasteiger partial charge in [-0.1, -0.05) is 15.9 Å². The van der Waals surface area contributed by atoms with Crippen molar-refractivity contribution in [2.45, 2.75) is 4.80 Å². The maximum absolute atomic E-state index is 8.58. The van der Waals surface area contributed by atoms with Crippen molar-refractivity contribution in [3.05, 3.63) is 0 Å². The molecule has 3 heteroatoms. The van der Waals surface area contributed by atoms with E-state index in [4.69, 9.17) is 17.1 Å². The molecule has 0 spiro atoms. The monoisotopic (exact) mass is 159 g/mol. The molecule has 0 heterocycles. The fourth-order valence-electron chi connectivity index (χ4n) is 0.0250. The highest BCUT2D eigenvalue weighted by Crippen LogP contribution is 1.92. The van der Waals surface area contributed by atoms with E-state index in [9.17, 15) is 0 Å². The second-order valence-corrected chi connectivity index (χ2v) is 1.33. The van der Waals surface area contributed by atoms with Crippen LogP contribution in [0.1, 0.15) is 6.85 Å². The van der Waals surface area contributed by atoms with Crippen molar-refractivity contribution in [1.82, 2.24) is 0 Å². The molecule has 0 atom stereocenters. The van der Waals surface area contributed by atoms with E-state index < -0.39 is 17.9 Å². The van der Waals surface area contributed by atoms with Gasteiger partial charge in [-0.25, -0.2) is 0 Å². The molecular formula is C3H7BrO2. The second kappa shape index (κ2) is 3.59. The smallest absolute Gasteiger partial charge is 0.0608 e. The maximum atomic E-state index is 8.58. The van der Waals surface area contributed by atoms with Crippen LogP contribution in [-0.2, 0) is 0 Å². The van der Waals surface area contributed by atoms with Gasteiger partial charge in [0, 0.05) is 1.37 Å². The molecule has 0 bridgehead atoms. The Labute approximate surface area is 52.0 Å². The summed E-state index contributed by atoms with van der Waals surface area (Å²) in [6, 6.07) is 0. The van der Waals surface area contributed by atoms with E-state index in [1.54, 1.807) is 0 Å². The minimum absolute atomic E-state index is 2.24. The first-order valence-electron chi connectivity index (χ1n) is 3.64. The highest BCUT2D eigenvalue weighted by atomic mass is 79.9. The molecular weight excluding hydrogens is 148 g/mol. The number of hydrogen-bond acceptors (Lipinski definition) is 2. The first-order valence-corrected chi connectivity index (χ1v) is 1.93. The summed E-state index contributed by atoms with van der Waals surface area (Å²) >= 11 is 2.24. The number of halogens is 1. The Morgan fingerprint density at radius 3 is 2.17 bits per heavy atom. The van der Waals surface area contributed by atoms with Gasteiger partial charge in [0.2, 0.25) is 0 Å². The van der Waals surface area contributed by atoms with Gasteiger partial charge in [-0.05, 0) is 0 Å². The normalized spacial score (nSPS) is 28.8. The summed E-state index contributed by atoms with van der Waals surface area (Å²) in [4.78, 5) is -2.78. The Balaban J connectivity index is 4.75. The molecule has 0 fully saturated rings. The van der Waals surface area contributed by atoms with Crippen molar-refractivity contribution in [2.75, 3.05) is 13.1 Å². The number of aliphatic hydroxyl groups is 2. The Kier molecular flexibility index (Phi) is 1.03. The molecule has 0 saturated carbocycles. The van der Waals surface area contributed by atoms with E-state index >= 15 is 0 Å². The molecule has 0 aliphatic heterocycles. The largest absolute Gasteiger partial charge is 0.395 e. The zero-order chi connectivity index (χ0) is 9.50. The summed E-state index contributed by atoms with van der Waals surface area (Å²) in [5.41, 5.74) is 0. The number of hydrogen-bond donors (Lipinski definition) is 2. The fraction of sp³-hybridized carbons (Fsp3) is 1.00. The molecule has 0 aromatic rings. The summed E-state index contributed by atoms with van der Waals surface area (Å²) in [6.45, 7) is -6.32. The number of rotatable bonds is 2. The molecule has 0 unspecified atom stereocenters. The predicted molar refractivity (Wildman–Crippen MR) is 26.9 cm³/mol. The van der Waals surface area contributed by atoms with Gasteiger partial charge in [-0.2, -0.15) is 0 Å². The highest BCUT2D eigenvalue weighted by molar-refractivity contribution is 9.09. The molecule has 0 aromatic heterocycles. The van der Waals surface area contributed by atoms with Gasteiger partial charge in [0.15, 0.2) is 0 Å². The Morgan fingerprint density at radius 2 is 2.17 bits per heavy atom. The average Bonchev–Trinajstić information content (AvgIpc) is 1.58. The molecule has 6 heavy (non-hydrogen) atoms. The van der Waals surface area contributed by atoms with E-state index in [0.717, 1.165) is 0 Å². The van der Waals surface area contributed by atoms with Crippen LogP contribution in [0.2, 0.25) is 0 Å². The first-order chi connectivity index (χ1) is 4.50. The van der Waals surface area contributed by atoms with Crippen LogP contribution in [0, 0.1) is 0 Å². The van der Waals surface area contributed by atoms with Crippen LogP contribution in [0.4, 0.5) is 0 Å². The van der Waals surface area contributed by atoms with Crippen molar-refractivity contribution in [1.29, 1.82) is 0 Å². The van der Waals surface area contributed by atoms with Crippen LogP contribution < -0.4 is 0 Å². The number of alkyl halides is 1. The second-order valence-electron chi connectivity index (χ2n) is 0.538. The van der Waals surface area contributed by atoms with E-state index in [2.05, 4.69) is 15.9 Å². The minimum Gasteiger partial charge on any atom is -0.395 e. The molecule has 2 nitrogen and oxygen atoms in total. The Bertz CT molecular complexity index is 131. The zero-order valence-electron chi connectivity index (χ0n) is 7.77.